The van der Waals surface area contributed by atoms with Crippen LogP contribution in [-0.2, 0) is 14.8 Å². The van der Waals surface area contributed by atoms with Crippen LogP contribution in [0.5, 0.6) is 0 Å². The molecule has 10 heteroatoms. The van der Waals surface area contributed by atoms with Gasteiger partial charge in [0, 0.05) is 6.54 Å². The van der Waals surface area contributed by atoms with Crippen LogP contribution in [0.2, 0.25) is 5.02 Å². The summed E-state index contributed by atoms with van der Waals surface area (Å²) in [4.78, 5) is 22.4. The quantitative estimate of drug-likeness (QED) is 0.750. The maximum Gasteiger partial charge on any atom is 0.321 e. The van der Waals surface area contributed by atoms with Gasteiger partial charge in [0.1, 0.15) is 5.82 Å². The van der Waals surface area contributed by atoms with Crippen LogP contribution in [0.1, 0.15) is 0 Å². The first-order valence-electron chi connectivity index (χ1n) is 5.35. The van der Waals surface area contributed by atoms with Crippen LogP contribution in [0, 0.1) is 5.82 Å². The minimum atomic E-state index is -4.10. The maximum absolute atomic E-state index is 13.0. The highest BCUT2D eigenvalue weighted by atomic mass is 35.5. The number of halogens is 2. The van der Waals surface area contributed by atoms with E-state index in [1.54, 1.807) is 0 Å². The maximum atomic E-state index is 13.0. The smallest absolute Gasteiger partial charge is 0.321 e. The summed E-state index contributed by atoms with van der Waals surface area (Å²) in [7, 11) is -4.10. The van der Waals surface area contributed by atoms with Gasteiger partial charge in [0.2, 0.25) is 15.9 Å². The fraction of sp³-hybridized carbons (Fsp3) is 0.200. The van der Waals surface area contributed by atoms with Crippen molar-refractivity contribution in [3.63, 3.8) is 0 Å². The molecule has 1 aliphatic rings. The van der Waals surface area contributed by atoms with Crippen molar-refractivity contribution in [2.24, 2.45) is 0 Å². The Bertz CT molecular complexity index is 679. The van der Waals surface area contributed by atoms with Gasteiger partial charge in [-0.1, -0.05) is 11.6 Å². The Labute approximate surface area is 118 Å². The molecule has 1 atom stereocenters. The van der Waals surface area contributed by atoms with Crippen LogP contribution in [-0.4, -0.2) is 32.2 Å². The van der Waals surface area contributed by atoms with E-state index in [9.17, 15) is 22.4 Å². The van der Waals surface area contributed by atoms with E-state index >= 15 is 0 Å². The summed E-state index contributed by atoms with van der Waals surface area (Å²) in [6.45, 7) is -0.352. The number of sulfonamides is 1. The molecule has 0 radical (unpaired) electrons. The second-order valence-corrected chi connectivity index (χ2v) is 6.23. The number of nitrogens with one attached hydrogen (secondary N) is 3. The summed E-state index contributed by atoms with van der Waals surface area (Å²) >= 11 is 5.53. The van der Waals surface area contributed by atoms with Crippen LogP contribution in [0.25, 0.3) is 0 Å². The van der Waals surface area contributed by atoms with Crippen molar-refractivity contribution in [1.29, 1.82) is 0 Å². The third-order valence-electron chi connectivity index (χ3n) is 2.53. The van der Waals surface area contributed by atoms with Crippen molar-refractivity contribution in [2.45, 2.75) is 5.25 Å². The lowest BCUT2D eigenvalue weighted by Gasteiger charge is -2.22. The average Bonchev–Trinajstić information content (AvgIpc) is 2.33. The zero-order valence-corrected chi connectivity index (χ0v) is 11.4. The van der Waals surface area contributed by atoms with E-state index in [0.717, 1.165) is 18.2 Å². The molecule has 7 nitrogen and oxygen atoms in total. The van der Waals surface area contributed by atoms with Gasteiger partial charge in [-0.3, -0.25) is 14.8 Å². The minimum absolute atomic E-state index is 0.0149. The van der Waals surface area contributed by atoms with Gasteiger partial charge in [0.05, 0.1) is 10.7 Å². The number of anilines is 1. The highest BCUT2D eigenvalue weighted by molar-refractivity contribution is 7.94. The number of imide groups is 1. The zero-order chi connectivity index (χ0) is 14.9. The van der Waals surface area contributed by atoms with E-state index < -0.39 is 33.0 Å². The Morgan fingerprint density at radius 2 is 2.05 bits per heavy atom. The van der Waals surface area contributed by atoms with Crippen LogP contribution in [0.15, 0.2) is 18.2 Å². The van der Waals surface area contributed by atoms with E-state index in [1.165, 1.54) is 0 Å². The molecular formula is C10H9ClFN3O4S. The number of urea groups is 1. The van der Waals surface area contributed by atoms with Crippen molar-refractivity contribution in [2.75, 3.05) is 11.3 Å². The molecule has 20 heavy (non-hydrogen) atoms. The molecule has 1 heterocycles. The molecular weight excluding hydrogens is 313 g/mol. The van der Waals surface area contributed by atoms with E-state index in [-0.39, 0.29) is 17.3 Å². The van der Waals surface area contributed by atoms with Crippen molar-refractivity contribution in [3.05, 3.63) is 29.0 Å². The molecule has 1 aromatic carbocycles. The fourth-order valence-corrected chi connectivity index (χ4v) is 2.98. The number of carbonyl (C=O) groups is 2. The van der Waals surface area contributed by atoms with Gasteiger partial charge >= 0.3 is 6.03 Å². The number of amides is 3. The summed E-state index contributed by atoms with van der Waals surface area (Å²) in [5.41, 5.74) is 0.0149. The molecule has 0 aromatic heterocycles. The number of rotatable bonds is 3. The molecule has 2 rings (SSSR count). The summed E-state index contributed by atoms with van der Waals surface area (Å²) in [6.07, 6.45) is 0. The first-order chi connectivity index (χ1) is 9.29. The molecule has 1 unspecified atom stereocenters. The molecule has 1 aliphatic heterocycles. The molecule has 0 aliphatic carbocycles. The Hall–Kier alpha value is -1.87. The molecule has 0 spiro atoms. The van der Waals surface area contributed by atoms with Crippen molar-refractivity contribution in [1.82, 2.24) is 10.6 Å². The highest BCUT2D eigenvalue weighted by Gasteiger charge is 2.37. The zero-order valence-electron chi connectivity index (χ0n) is 9.81. The van der Waals surface area contributed by atoms with Gasteiger partial charge in [-0.15, -0.1) is 0 Å². The van der Waals surface area contributed by atoms with Gasteiger partial charge in [-0.2, -0.15) is 0 Å². The van der Waals surface area contributed by atoms with E-state index in [2.05, 4.69) is 10.0 Å². The lowest BCUT2D eigenvalue weighted by molar-refractivity contribution is -0.120. The molecule has 1 fully saturated rings. The summed E-state index contributed by atoms with van der Waals surface area (Å²) in [6, 6.07) is 2.47. The standard InChI is InChI=1S/C10H9ClFN3O4S/c11-6-3-5(1-2-7(6)12)15-20(18,19)8-4-13-10(17)14-9(8)16/h1-3,8,15H,4H2,(H2,13,14,16,17). The molecule has 0 saturated carbocycles. The Morgan fingerprint density at radius 3 is 2.65 bits per heavy atom. The van der Waals surface area contributed by atoms with E-state index in [1.807, 2.05) is 5.32 Å². The van der Waals surface area contributed by atoms with E-state index in [0.29, 0.717) is 0 Å². The molecule has 1 aromatic rings. The van der Waals surface area contributed by atoms with Crippen LogP contribution in [0.3, 0.4) is 0 Å². The molecule has 1 saturated heterocycles. The van der Waals surface area contributed by atoms with Crippen molar-refractivity contribution >= 4 is 39.2 Å². The third-order valence-corrected chi connectivity index (χ3v) is 4.47. The molecule has 3 N–H and O–H groups in total. The van der Waals surface area contributed by atoms with Crippen LogP contribution >= 0.6 is 11.6 Å². The van der Waals surface area contributed by atoms with Gasteiger partial charge in [0.25, 0.3) is 0 Å². The second-order valence-electron chi connectivity index (χ2n) is 3.96. The molecule has 0 bridgehead atoms. The van der Waals surface area contributed by atoms with Crippen LogP contribution < -0.4 is 15.4 Å². The van der Waals surface area contributed by atoms with Crippen LogP contribution in [0.4, 0.5) is 14.9 Å². The summed E-state index contributed by atoms with van der Waals surface area (Å²) in [5.74, 6) is -1.63. The van der Waals surface area contributed by atoms with Gasteiger partial charge < -0.3 is 5.32 Å². The normalized spacial score (nSPS) is 19.2. The molecule has 3 amide bonds. The Balaban J connectivity index is 2.20. The minimum Gasteiger partial charge on any atom is -0.336 e. The third kappa shape index (κ3) is 2.99. The monoisotopic (exact) mass is 321 g/mol. The first-order valence-corrected chi connectivity index (χ1v) is 7.27. The largest absolute Gasteiger partial charge is 0.336 e. The number of hydrogen-bond donors (Lipinski definition) is 3. The van der Waals surface area contributed by atoms with Crippen molar-refractivity contribution < 1.29 is 22.4 Å². The predicted molar refractivity (Wildman–Crippen MR) is 69.3 cm³/mol. The summed E-state index contributed by atoms with van der Waals surface area (Å²) < 4.78 is 39.1. The number of carbonyl (C=O) groups excluding carboxylic acids is 2. The Morgan fingerprint density at radius 1 is 1.35 bits per heavy atom. The number of hydrogen-bond acceptors (Lipinski definition) is 4. The summed E-state index contributed by atoms with van der Waals surface area (Å²) in [5, 5.41) is 2.31. The van der Waals surface area contributed by atoms with Crippen molar-refractivity contribution in [3.8, 4) is 0 Å². The Kier molecular flexibility index (Phi) is 3.82. The SMILES string of the molecule is O=C1NCC(S(=O)(=O)Nc2ccc(F)c(Cl)c2)C(=O)N1. The molecule has 108 valence electrons. The first kappa shape index (κ1) is 14.5. The highest BCUT2D eigenvalue weighted by Crippen LogP contribution is 2.21. The average molecular weight is 322 g/mol. The predicted octanol–water partition coefficient (Wildman–Crippen LogP) is 0.429. The van der Waals surface area contributed by atoms with Gasteiger partial charge in [0.15, 0.2) is 5.25 Å². The number of benzene rings is 1. The van der Waals surface area contributed by atoms with E-state index in [4.69, 9.17) is 11.6 Å². The lowest BCUT2D eigenvalue weighted by atomic mass is 10.3. The topological polar surface area (TPSA) is 104 Å². The van der Waals surface area contributed by atoms with Gasteiger partial charge in [-0.25, -0.2) is 17.6 Å². The van der Waals surface area contributed by atoms with Gasteiger partial charge in [-0.05, 0) is 18.2 Å². The lowest BCUT2D eigenvalue weighted by Crippen LogP contribution is -2.58. The second kappa shape index (κ2) is 5.25. The fourth-order valence-electron chi connectivity index (χ4n) is 1.56.